The molecule has 0 atom stereocenters. The minimum Gasteiger partial charge on any atom is -0.492 e. The molecule has 4 aromatic rings. The molecule has 0 spiro atoms. The number of ether oxygens (including phenoxy) is 1. The average Bonchev–Trinajstić information content (AvgIpc) is 2.93. The van der Waals surface area contributed by atoms with Gasteiger partial charge in [0.2, 0.25) is 0 Å². The fourth-order valence-electron chi connectivity index (χ4n) is 4.75. The van der Waals surface area contributed by atoms with Crippen LogP contribution < -0.4 is 24.8 Å². The fourth-order valence-corrected chi connectivity index (χ4v) is 4.75. The summed E-state index contributed by atoms with van der Waals surface area (Å²) in [4.78, 5) is 6.36. The zero-order valence-corrected chi connectivity index (χ0v) is 24.4. The van der Waals surface area contributed by atoms with Crippen LogP contribution in [-0.2, 0) is 0 Å². The Morgan fingerprint density at radius 2 is 1.08 bits per heavy atom. The van der Waals surface area contributed by atoms with E-state index >= 15 is 0 Å². The van der Waals surface area contributed by atoms with Crippen molar-refractivity contribution in [1.29, 1.82) is 0 Å². The largest absolute Gasteiger partial charge is 0.492 e. The van der Waals surface area contributed by atoms with Gasteiger partial charge in [-0.15, -0.1) is 0 Å². The Bertz CT molecular complexity index is 1280. The van der Waals surface area contributed by atoms with Crippen LogP contribution in [-0.4, -0.2) is 55.4 Å². The molecule has 204 valence electrons. The Labute approximate surface area is 234 Å². The Balaban J connectivity index is 1.60. The van der Waals surface area contributed by atoms with E-state index in [9.17, 15) is 0 Å². The van der Waals surface area contributed by atoms with Gasteiger partial charge in [-0.25, -0.2) is 0 Å². The lowest BCUT2D eigenvalue weighted by molar-refractivity contribution is 0.333. The summed E-state index contributed by atoms with van der Waals surface area (Å²) in [5.41, 5.74) is 9.70. The van der Waals surface area contributed by atoms with Gasteiger partial charge in [0.05, 0.1) is 0 Å². The molecule has 0 heterocycles. The molecule has 39 heavy (non-hydrogen) atoms. The van der Waals surface area contributed by atoms with E-state index in [1.165, 1.54) is 33.6 Å². The quantitative estimate of drug-likeness (QED) is 0.172. The number of hydrogen-bond donors (Lipinski definition) is 1. The first-order valence-corrected chi connectivity index (χ1v) is 13.5. The van der Waals surface area contributed by atoms with Crippen molar-refractivity contribution in [2.75, 3.05) is 75.5 Å². The zero-order valence-electron chi connectivity index (χ0n) is 24.4. The van der Waals surface area contributed by atoms with Crippen LogP contribution in [0.1, 0.15) is 28.2 Å². The maximum Gasteiger partial charge on any atom is 0.119 e. The molecular formula is C34H42N4O. The number of anilines is 4. The molecule has 0 aromatic heterocycles. The van der Waals surface area contributed by atoms with E-state index in [1.54, 1.807) is 0 Å². The Morgan fingerprint density at radius 3 is 1.54 bits per heavy atom. The van der Waals surface area contributed by atoms with Crippen molar-refractivity contribution < 1.29 is 4.74 Å². The van der Waals surface area contributed by atoms with Crippen molar-refractivity contribution in [2.45, 2.75) is 12.8 Å². The van der Waals surface area contributed by atoms with E-state index in [0.29, 0.717) is 13.2 Å². The van der Waals surface area contributed by atoms with Crippen LogP contribution in [0.25, 0.3) is 0 Å². The molecule has 4 aromatic carbocycles. The first kappa shape index (κ1) is 27.9. The predicted molar refractivity (Wildman–Crippen MR) is 168 cm³/mol. The Hall–Kier alpha value is -4.12. The van der Waals surface area contributed by atoms with Gasteiger partial charge in [0, 0.05) is 77.5 Å². The monoisotopic (exact) mass is 522 g/mol. The van der Waals surface area contributed by atoms with Crippen LogP contribution in [0.15, 0.2) is 91.0 Å². The van der Waals surface area contributed by atoms with Gasteiger partial charge < -0.3 is 24.8 Å². The number of nitrogens with one attached hydrogen (secondary N) is 1. The lowest BCUT2D eigenvalue weighted by Crippen LogP contribution is -2.15. The maximum absolute atomic E-state index is 6.04. The molecule has 0 fully saturated rings. The lowest BCUT2D eigenvalue weighted by atomic mass is 9.83. The molecule has 0 aliphatic heterocycles. The summed E-state index contributed by atoms with van der Waals surface area (Å²) in [5, 5.41) is 3.68. The van der Waals surface area contributed by atoms with Crippen LogP contribution in [0.3, 0.4) is 0 Å². The van der Waals surface area contributed by atoms with Crippen molar-refractivity contribution >= 4 is 22.7 Å². The second-order valence-electron chi connectivity index (χ2n) is 10.7. The number of benzene rings is 4. The zero-order chi connectivity index (χ0) is 27.9. The third kappa shape index (κ3) is 7.05. The van der Waals surface area contributed by atoms with E-state index < -0.39 is 0 Å². The first-order valence-electron chi connectivity index (χ1n) is 13.5. The highest BCUT2D eigenvalue weighted by molar-refractivity contribution is 5.62. The summed E-state index contributed by atoms with van der Waals surface area (Å²) in [6.07, 6.45) is 0. The molecule has 0 aliphatic carbocycles. The minimum absolute atomic E-state index is 0.0972. The summed E-state index contributed by atoms with van der Waals surface area (Å²) >= 11 is 0. The summed E-state index contributed by atoms with van der Waals surface area (Å²) in [7, 11) is 12.4. The van der Waals surface area contributed by atoms with Crippen molar-refractivity contribution in [2.24, 2.45) is 0 Å². The molecule has 1 N–H and O–H groups in total. The van der Waals surface area contributed by atoms with Gasteiger partial charge in [-0.2, -0.15) is 0 Å². The van der Waals surface area contributed by atoms with Crippen LogP contribution in [0.4, 0.5) is 22.7 Å². The highest BCUT2D eigenvalue weighted by Gasteiger charge is 2.21. The van der Waals surface area contributed by atoms with Gasteiger partial charge >= 0.3 is 0 Å². The van der Waals surface area contributed by atoms with Crippen LogP contribution in [0, 0.1) is 6.92 Å². The Morgan fingerprint density at radius 1 is 0.615 bits per heavy atom. The second-order valence-corrected chi connectivity index (χ2v) is 10.7. The molecule has 0 bridgehead atoms. The van der Waals surface area contributed by atoms with Crippen LogP contribution >= 0.6 is 0 Å². The van der Waals surface area contributed by atoms with E-state index in [1.807, 2.05) is 26.2 Å². The third-order valence-electron chi connectivity index (χ3n) is 7.04. The summed E-state index contributed by atoms with van der Waals surface area (Å²) in [5.74, 6) is 0.978. The highest BCUT2D eigenvalue weighted by Crippen LogP contribution is 2.38. The van der Waals surface area contributed by atoms with Crippen molar-refractivity contribution in [1.82, 2.24) is 0 Å². The predicted octanol–water partition coefficient (Wildman–Crippen LogP) is 6.86. The molecule has 0 saturated heterocycles. The topological polar surface area (TPSA) is 31.0 Å². The van der Waals surface area contributed by atoms with Crippen molar-refractivity contribution in [3.05, 3.63) is 113 Å². The number of nitrogens with zero attached hydrogens (tertiary/aromatic N) is 3. The number of aryl methyl sites for hydroxylation is 1. The summed E-state index contributed by atoms with van der Waals surface area (Å²) < 4.78 is 6.04. The van der Waals surface area contributed by atoms with Gasteiger partial charge in [0.25, 0.3) is 0 Å². The van der Waals surface area contributed by atoms with E-state index in [2.05, 4.69) is 134 Å². The molecule has 0 saturated carbocycles. The molecule has 5 heteroatoms. The van der Waals surface area contributed by atoms with Gasteiger partial charge in [-0.3, -0.25) is 0 Å². The fraction of sp³-hybridized carbons (Fsp3) is 0.294. The van der Waals surface area contributed by atoms with E-state index in [0.717, 1.165) is 17.1 Å². The van der Waals surface area contributed by atoms with E-state index in [4.69, 9.17) is 4.74 Å². The molecule has 0 amide bonds. The number of rotatable bonds is 11. The molecule has 4 rings (SSSR count). The minimum atomic E-state index is 0.0972. The van der Waals surface area contributed by atoms with Crippen molar-refractivity contribution in [3.8, 4) is 5.75 Å². The molecule has 0 unspecified atom stereocenters. The molecule has 0 aliphatic rings. The van der Waals surface area contributed by atoms with Crippen LogP contribution in [0.5, 0.6) is 5.75 Å². The van der Waals surface area contributed by atoms with Gasteiger partial charge in [-0.1, -0.05) is 36.4 Å². The Kier molecular flexibility index (Phi) is 9.03. The first-order chi connectivity index (χ1) is 18.7. The SMILES string of the molecule is Cc1ccc(C(c2ccc(N(C)C)cc2)c2ccc(N(C)C)cc2)c(NCCOc2ccc(N(C)C)cc2)c1. The van der Waals surface area contributed by atoms with Crippen molar-refractivity contribution in [3.63, 3.8) is 0 Å². The van der Waals surface area contributed by atoms with Gasteiger partial charge in [-0.05, 0) is 83.8 Å². The van der Waals surface area contributed by atoms with Crippen LogP contribution in [0.2, 0.25) is 0 Å². The van der Waals surface area contributed by atoms with Gasteiger partial charge in [0.1, 0.15) is 12.4 Å². The average molecular weight is 523 g/mol. The molecular weight excluding hydrogens is 480 g/mol. The standard InChI is InChI=1S/C34H42N4O/c1-25-8-21-32(33(24-25)35-22-23-39-31-19-17-30(18-20-31)38(6)7)34(26-9-13-28(14-10-26)36(2)3)27-11-15-29(16-12-27)37(4)5/h8-21,24,34-35H,22-23H2,1-7H3. The van der Waals surface area contributed by atoms with Gasteiger partial charge in [0.15, 0.2) is 0 Å². The third-order valence-corrected chi connectivity index (χ3v) is 7.04. The lowest BCUT2D eigenvalue weighted by Gasteiger charge is -2.24. The maximum atomic E-state index is 6.04. The summed E-state index contributed by atoms with van der Waals surface area (Å²) in [6.45, 7) is 3.43. The smallest absolute Gasteiger partial charge is 0.119 e. The summed E-state index contributed by atoms with van der Waals surface area (Å²) in [6, 6.07) is 32.8. The normalized spacial score (nSPS) is 10.9. The highest BCUT2D eigenvalue weighted by atomic mass is 16.5. The number of hydrogen-bond acceptors (Lipinski definition) is 5. The molecule has 0 radical (unpaired) electrons. The molecule has 5 nitrogen and oxygen atoms in total. The van der Waals surface area contributed by atoms with E-state index in [-0.39, 0.29) is 5.92 Å². The second kappa shape index (κ2) is 12.6.